The molecule has 92 valence electrons. The quantitative estimate of drug-likeness (QED) is 0.865. The van der Waals surface area contributed by atoms with Crippen LogP contribution in [-0.4, -0.2) is 24.5 Å². The van der Waals surface area contributed by atoms with Gasteiger partial charge in [0, 0.05) is 19.1 Å². The molecule has 5 heteroatoms. The lowest BCUT2D eigenvalue weighted by Gasteiger charge is -2.19. The highest BCUT2D eigenvalue weighted by Crippen LogP contribution is 2.20. The monoisotopic (exact) mass is 241 g/mol. The largest absolute Gasteiger partial charge is 0.379 e. The molecule has 0 radical (unpaired) electrons. The zero-order valence-electron chi connectivity index (χ0n) is 9.21. The van der Waals surface area contributed by atoms with Crippen molar-refractivity contribution in [2.45, 2.75) is 18.4 Å². The molecule has 2 N–H and O–H groups in total. The predicted molar refractivity (Wildman–Crippen MR) is 57.4 cm³/mol. The van der Waals surface area contributed by atoms with Crippen LogP contribution in [0.4, 0.5) is 8.78 Å². The third kappa shape index (κ3) is 2.50. The highest BCUT2D eigenvalue weighted by atomic mass is 19.1. The van der Waals surface area contributed by atoms with E-state index in [0.717, 1.165) is 12.1 Å². The Morgan fingerprint density at radius 3 is 2.82 bits per heavy atom. The van der Waals surface area contributed by atoms with Gasteiger partial charge in [0.2, 0.25) is 0 Å². The number of Topliss-reactive ketones (excluding diaryl/α,β-unsaturated/α-hetero) is 1. The first kappa shape index (κ1) is 12.1. The fourth-order valence-electron chi connectivity index (χ4n) is 1.81. The smallest absolute Gasteiger partial charge is 0.159 e. The molecule has 0 spiro atoms. The Hall–Kier alpha value is -1.33. The number of ether oxygens (including phenoxy) is 1. The van der Waals surface area contributed by atoms with E-state index in [1.54, 1.807) is 0 Å². The summed E-state index contributed by atoms with van der Waals surface area (Å²) in [7, 11) is 0. The Balaban J connectivity index is 2.13. The van der Waals surface area contributed by atoms with Gasteiger partial charge in [-0.15, -0.1) is 0 Å². The molecule has 0 amide bonds. The molecular weight excluding hydrogens is 228 g/mol. The summed E-state index contributed by atoms with van der Waals surface area (Å²) < 4.78 is 31.1. The highest BCUT2D eigenvalue weighted by molar-refractivity contribution is 5.90. The van der Waals surface area contributed by atoms with Gasteiger partial charge < -0.3 is 10.5 Å². The van der Waals surface area contributed by atoms with Gasteiger partial charge in [0.1, 0.15) is 17.2 Å². The summed E-state index contributed by atoms with van der Waals surface area (Å²) in [4.78, 5) is 11.9. The first-order chi connectivity index (χ1) is 8.01. The number of benzene rings is 1. The number of halogens is 2. The van der Waals surface area contributed by atoms with Crippen molar-refractivity contribution in [3.05, 3.63) is 35.4 Å². The van der Waals surface area contributed by atoms with Crippen molar-refractivity contribution in [1.29, 1.82) is 0 Å². The average molecular weight is 241 g/mol. The van der Waals surface area contributed by atoms with Crippen LogP contribution in [0.25, 0.3) is 0 Å². The Morgan fingerprint density at radius 2 is 2.24 bits per heavy atom. The second-order valence-corrected chi connectivity index (χ2v) is 4.29. The minimum atomic E-state index is -1.03. The molecule has 0 bridgehead atoms. The summed E-state index contributed by atoms with van der Waals surface area (Å²) in [5, 5.41) is 0. The van der Waals surface area contributed by atoms with E-state index in [2.05, 4.69) is 0 Å². The third-order valence-electron chi connectivity index (χ3n) is 2.97. The summed E-state index contributed by atoms with van der Waals surface area (Å²) in [5.41, 5.74) is 4.99. The van der Waals surface area contributed by atoms with E-state index in [4.69, 9.17) is 10.5 Å². The lowest BCUT2D eigenvalue weighted by Crippen LogP contribution is -2.49. The fraction of sp³-hybridized carbons (Fsp3) is 0.417. The van der Waals surface area contributed by atoms with Gasteiger partial charge in [-0.05, 0) is 18.1 Å². The van der Waals surface area contributed by atoms with E-state index in [9.17, 15) is 13.6 Å². The van der Waals surface area contributed by atoms with Crippen LogP contribution in [0.3, 0.4) is 0 Å². The molecule has 1 aliphatic heterocycles. The van der Waals surface area contributed by atoms with E-state index >= 15 is 0 Å². The molecule has 1 saturated heterocycles. The standard InChI is InChI=1S/C12H13F2NO2/c13-9-2-1-8(10(14)6-9)5-11(16)12(15)3-4-17-7-12/h1-2,6H,3-5,7,15H2. The number of hydrogen-bond acceptors (Lipinski definition) is 3. The Kier molecular flexibility index (Phi) is 3.22. The van der Waals surface area contributed by atoms with Crippen molar-refractivity contribution >= 4 is 5.78 Å². The molecule has 17 heavy (non-hydrogen) atoms. The molecule has 1 heterocycles. The van der Waals surface area contributed by atoms with E-state index in [1.165, 1.54) is 6.07 Å². The zero-order valence-corrected chi connectivity index (χ0v) is 9.21. The number of rotatable bonds is 3. The molecule has 3 nitrogen and oxygen atoms in total. The van der Waals surface area contributed by atoms with Gasteiger partial charge >= 0.3 is 0 Å². The molecule has 1 aliphatic rings. The van der Waals surface area contributed by atoms with E-state index in [-0.39, 0.29) is 24.4 Å². The second-order valence-electron chi connectivity index (χ2n) is 4.29. The summed E-state index contributed by atoms with van der Waals surface area (Å²) in [6, 6.07) is 3.15. The molecule has 1 fully saturated rings. The molecule has 0 aromatic heterocycles. The fourth-order valence-corrected chi connectivity index (χ4v) is 1.81. The molecule has 1 unspecified atom stereocenters. The summed E-state index contributed by atoms with van der Waals surface area (Å²) in [6.45, 7) is 0.600. The Labute approximate surface area is 97.6 Å². The van der Waals surface area contributed by atoms with E-state index in [0.29, 0.717) is 13.0 Å². The zero-order chi connectivity index (χ0) is 12.5. The van der Waals surface area contributed by atoms with Gasteiger partial charge in [0.15, 0.2) is 5.78 Å². The van der Waals surface area contributed by atoms with Gasteiger partial charge in [-0.2, -0.15) is 0 Å². The number of ketones is 1. The van der Waals surface area contributed by atoms with Gasteiger partial charge in [0.05, 0.1) is 6.61 Å². The van der Waals surface area contributed by atoms with E-state index < -0.39 is 17.2 Å². The first-order valence-electron chi connectivity index (χ1n) is 5.35. The van der Waals surface area contributed by atoms with Gasteiger partial charge in [-0.25, -0.2) is 8.78 Å². The van der Waals surface area contributed by atoms with Crippen molar-refractivity contribution in [2.24, 2.45) is 5.73 Å². The summed E-state index contributed by atoms with van der Waals surface area (Å²) in [6.07, 6.45) is 0.306. The normalized spacial score (nSPS) is 23.9. The maximum absolute atomic E-state index is 13.4. The molecule has 1 aromatic carbocycles. The maximum Gasteiger partial charge on any atom is 0.159 e. The van der Waals surface area contributed by atoms with Crippen molar-refractivity contribution in [2.75, 3.05) is 13.2 Å². The Morgan fingerprint density at radius 1 is 1.47 bits per heavy atom. The van der Waals surface area contributed by atoms with Gasteiger partial charge in [0.25, 0.3) is 0 Å². The molecule has 1 atom stereocenters. The average Bonchev–Trinajstić information content (AvgIpc) is 2.71. The Bertz CT molecular complexity index is 442. The van der Waals surface area contributed by atoms with Crippen molar-refractivity contribution in [3.63, 3.8) is 0 Å². The molecule has 1 aromatic rings. The van der Waals surface area contributed by atoms with Crippen LogP contribution in [0.1, 0.15) is 12.0 Å². The molecule has 0 saturated carbocycles. The predicted octanol–water partition coefficient (Wildman–Crippen LogP) is 1.19. The summed E-state index contributed by atoms with van der Waals surface area (Å²) in [5.74, 6) is -1.66. The number of nitrogens with two attached hydrogens (primary N) is 1. The molecular formula is C12H13F2NO2. The highest BCUT2D eigenvalue weighted by Gasteiger charge is 2.37. The number of carbonyl (C=O) groups is 1. The van der Waals surface area contributed by atoms with Crippen LogP contribution in [0.5, 0.6) is 0 Å². The second kappa shape index (κ2) is 4.50. The van der Waals surface area contributed by atoms with Crippen LogP contribution < -0.4 is 5.73 Å². The topological polar surface area (TPSA) is 52.3 Å². The maximum atomic E-state index is 13.4. The van der Waals surface area contributed by atoms with Gasteiger partial charge in [-0.1, -0.05) is 6.07 Å². The minimum Gasteiger partial charge on any atom is -0.379 e. The summed E-state index contributed by atoms with van der Waals surface area (Å²) >= 11 is 0. The van der Waals surface area contributed by atoms with Crippen LogP contribution in [0, 0.1) is 11.6 Å². The lowest BCUT2D eigenvalue weighted by atomic mass is 9.90. The number of hydrogen-bond donors (Lipinski definition) is 1. The minimum absolute atomic E-state index is 0.133. The lowest BCUT2D eigenvalue weighted by molar-refractivity contribution is -0.123. The van der Waals surface area contributed by atoms with Crippen LogP contribution in [0.2, 0.25) is 0 Å². The molecule has 2 rings (SSSR count). The van der Waals surface area contributed by atoms with Crippen molar-refractivity contribution in [3.8, 4) is 0 Å². The number of carbonyl (C=O) groups excluding carboxylic acids is 1. The van der Waals surface area contributed by atoms with Crippen molar-refractivity contribution in [1.82, 2.24) is 0 Å². The van der Waals surface area contributed by atoms with Crippen molar-refractivity contribution < 1.29 is 18.3 Å². The SMILES string of the molecule is NC1(C(=O)Cc2ccc(F)cc2F)CCOC1. The van der Waals surface area contributed by atoms with Gasteiger partial charge in [-0.3, -0.25) is 4.79 Å². The first-order valence-corrected chi connectivity index (χ1v) is 5.35. The van der Waals surface area contributed by atoms with Crippen LogP contribution in [-0.2, 0) is 16.0 Å². The van der Waals surface area contributed by atoms with E-state index in [1.807, 2.05) is 0 Å². The molecule has 0 aliphatic carbocycles. The third-order valence-corrected chi connectivity index (χ3v) is 2.97. The van der Waals surface area contributed by atoms with Crippen LogP contribution in [0.15, 0.2) is 18.2 Å². The van der Waals surface area contributed by atoms with Crippen LogP contribution >= 0.6 is 0 Å².